The fourth-order valence-corrected chi connectivity index (χ4v) is 2.29. The summed E-state index contributed by atoms with van der Waals surface area (Å²) in [6, 6.07) is 7.97. The number of ether oxygens (including phenoxy) is 1. The predicted octanol–water partition coefficient (Wildman–Crippen LogP) is 2.70. The number of thioether (sulfide) groups is 1. The largest absolute Gasteiger partial charge is 0.496 e. The van der Waals surface area contributed by atoms with E-state index in [1.54, 1.807) is 18.9 Å². The van der Waals surface area contributed by atoms with Crippen molar-refractivity contribution in [2.75, 3.05) is 12.9 Å². The Morgan fingerprint density at radius 3 is 2.60 bits per heavy atom. The minimum atomic E-state index is -0.604. The first-order chi connectivity index (χ1) is 7.03. The number of methoxy groups -OCH3 is 1. The van der Waals surface area contributed by atoms with E-state index in [0.29, 0.717) is 0 Å². The van der Waals surface area contributed by atoms with Gasteiger partial charge < -0.3 is 9.84 Å². The molecule has 0 aliphatic rings. The summed E-state index contributed by atoms with van der Waals surface area (Å²) in [6.07, 6.45) is 0. The molecule has 15 heavy (non-hydrogen) atoms. The molecule has 0 aromatic heterocycles. The number of hydrogen-bond acceptors (Lipinski definition) is 3. The lowest BCUT2D eigenvalue weighted by Gasteiger charge is -2.16. The smallest absolute Gasteiger partial charge is 0.122 e. The average Bonchev–Trinajstić information content (AvgIpc) is 2.16. The van der Waals surface area contributed by atoms with Gasteiger partial charge in [0.05, 0.1) is 12.7 Å². The zero-order valence-corrected chi connectivity index (χ0v) is 10.3. The van der Waals surface area contributed by atoms with Crippen molar-refractivity contribution in [1.82, 2.24) is 0 Å². The van der Waals surface area contributed by atoms with E-state index in [1.807, 2.05) is 32.0 Å². The summed E-state index contributed by atoms with van der Waals surface area (Å²) in [4.78, 5) is 0. The number of hydrogen-bond donors (Lipinski definition) is 1. The van der Waals surface area contributed by atoms with Gasteiger partial charge in [0.25, 0.3) is 0 Å². The maximum absolute atomic E-state index is 9.57. The standard InChI is InChI=1S/C12H18O2S/c1-12(2,13)9-15-8-10-6-4-5-7-11(10)14-3/h4-7,13H,8-9H2,1-3H3. The molecule has 1 N–H and O–H groups in total. The third-order valence-electron chi connectivity index (χ3n) is 1.91. The highest BCUT2D eigenvalue weighted by Crippen LogP contribution is 2.24. The molecule has 1 aromatic carbocycles. The van der Waals surface area contributed by atoms with E-state index in [0.717, 1.165) is 17.3 Å². The minimum Gasteiger partial charge on any atom is -0.496 e. The topological polar surface area (TPSA) is 29.5 Å². The van der Waals surface area contributed by atoms with Gasteiger partial charge in [-0.25, -0.2) is 0 Å². The highest BCUT2D eigenvalue weighted by molar-refractivity contribution is 7.98. The van der Waals surface area contributed by atoms with Gasteiger partial charge >= 0.3 is 0 Å². The molecule has 0 saturated heterocycles. The van der Waals surface area contributed by atoms with Crippen molar-refractivity contribution in [2.24, 2.45) is 0 Å². The Bertz CT molecular complexity index is 305. The van der Waals surface area contributed by atoms with Crippen LogP contribution >= 0.6 is 11.8 Å². The van der Waals surface area contributed by atoms with Crippen molar-refractivity contribution >= 4 is 11.8 Å². The summed E-state index contributed by atoms with van der Waals surface area (Å²) in [5.74, 6) is 2.51. The van der Waals surface area contributed by atoms with Crippen molar-refractivity contribution in [1.29, 1.82) is 0 Å². The molecule has 84 valence electrons. The van der Waals surface area contributed by atoms with Gasteiger partial charge in [0.1, 0.15) is 5.75 Å². The molecule has 0 heterocycles. The fraction of sp³-hybridized carbons (Fsp3) is 0.500. The molecule has 0 atom stereocenters. The van der Waals surface area contributed by atoms with Gasteiger partial charge in [-0.15, -0.1) is 0 Å². The van der Waals surface area contributed by atoms with E-state index in [2.05, 4.69) is 6.07 Å². The number of para-hydroxylation sites is 1. The Morgan fingerprint density at radius 2 is 2.00 bits per heavy atom. The van der Waals surface area contributed by atoms with E-state index in [9.17, 15) is 5.11 Å². The van der Waals surface area contributed by atoms with Crippen molar-refractivity contribution in [3.63, 3.8) is 0 Å². The predicted molar refractivity (Wildman–Crippen MR) is 65.5 cm³/mol. The highest BCUT2D eigenvalue weighted by atomic mass is 32.2. The lowest BCUT2D eigenvalue weighted by molar-refractivity contribution is 0.107. The van der Waals surface area contributed by atoms with Crippen LogP contribution in [0.2, 0.25) is 0 Å². The van der Waals surface area contributed by atoms with Gasteiger partial charge in [-0.05, 0) is 19.9 Å². The summed E-state index contributed by atoms with van der Waals surface area (Å²) in [5, 5.41) is 9.57. The van der Waals surface area contributed by atoms with E-state index in [1.165, 1.54) is 5.56 Å². The van der Waals surface area contributed by atoms with Gasteiger partial charge in [0.2, 0.25) is 0 Å². The summed E-state index contributed by atoms with van der Waals surface area (Å²) < 4.78 is 5.25. The highest BCUT2D eigenvalue weighted by Gasteiger charge is 2.12. The van der Waals surface area contributed by atoms with Crippen LogP contribution in [0.4, 0.5) is 0 Å². The fourth-order valence-electron chi connectivity index (χ4n) is 1.23. The molecule has 1 rings (SSSR count). The molecular weight excluding hydrogens is 208 g/mol. The molecule has 1 aromatic rings. The van der Waals surface area contributed by atoms with Crippen LogP contribution in [0, 0.1) is 0 Å². The van der Waals surface area contributed by atoms with Crippen LogP contribution in [-0.4, -0.2) is 23.6 Å². The SMILES string of the molecule is COc1ccccc1CSCC(C)(C)O. The Balaban J connectivity index is 2.50. The molecule has 0 saturated carbocycles. The second-order valence-corrected chi connectivity index (χ2v) is 5.10. The molecule has 0 amide bonds. The first-order valence-electron chi connectivity index (χ1n) is 4.95. The van der Waals surface area contributed by atoms with Crippen LogP contribution in [-0.2, 0) is 5.75 Å². The van der Waals surface area contributed by atoms with E-state index in [-0.39, 0.29) is 0 Å². The van der Waals surface area contributed by atoms with Crippen LogP contribution in [0.3, 0.4) is 0 Å². The van der Waals surface area contributed by atoms with Gasteiger partial charge in [-0.1, -0.05) is 18.2 Å². The summed E-state index contributed by atoms with van der Waals surface area (Å²) in [7, 11) is 1.68. The number of benzene rings is 1. The van der Waals surface area contributed by atoms with Crippen LogP contribution in [0.5, 0.6) is 5.75 Å². The van der Waals surface area contributed by atoms with Gasteiger partial charge in [0.15, 0.2) is 0 Å². The molecule has 0 spiro atoms. The molecule has 0 unspecified atom stereocenters. The Labute approximate surface area is 95.7 Å². The van der Waals surface area contributed by atoms with Crippen LogP contribution in [0.15, 0.2) is 24.3 Å². The molecular formula is C12H18O2S. The second kappa shape index (κ2) is 5.42. The number of aliphatic hydroxyl groups is 1. The first kappa shape index (κ1) is 12.4. The molecule has 0 radical (unpaired) electrons. The molecule has 0 aliphatic carbocycles. The normalized spacial score (nSPS) is 11.5. The summed E-state index contributed by atoms with van der Waals surface area (Å²) in [5.41, 5.74) is 0.571. The van der Waals surface area contributed by atoms with E-state index in [4.69, 9.17) is 4.74 Å². The Kier molecular flexibility index (Phi) is 4.48. The van der Waals surface area contributed by atoms with Gasteiger partial charge in [0, 0.05) is 17.1 Å². The Morgan fingerprint density at radius 1 is 1.33 bits per heavy atom. The first-order valence-corrected chi connectivity index (χ1v) is 6.10. The maximum Gasteiger partial charge on any atom is 0.122 e. The monoisotopic (exact) mass is 226 g/mol. The zero-order valence-electron chi connectivity index (χ0n) is 9.49. The molecule has 0 fully saturated rings. The summed E-state index contributed by atoms with van der Waals surface area (Å²) >= 11 is 1.71. The van der Waals surface area contributed by atoms with Crippen LogP contribution < -0.4 is 4.74 Å². The van der Waals surface area contributed by atoms with E-state index >= 15 is 0 Å². The van der Waals surface area contributed by atoms with Crippen molar-refractivity contribution in [2.45, 2.75) is 25.2 Å². The third-order valence-corrected chi connectivity index (χ3v) is 3.33. The van der Waals surface area contributed by atoms with E-state index < -0.39 is 5.60 Å². The van der Waals surface area contributed by atoms with Crippen molar-refractivity contribution in [3.8, 4) is 5.75 Å². The third kappa shape index (κ3) is 4.58. The average molecular weight is 226 g/mol. The van der Waals surface area contributed by atoms with Crippen molar-refractivity contribution in [3.05, 3.63) is 29.8 Å². The van der Waals surface area contributed by atoms with Crippen LogP contribution in [0.1, 0.15) is 19.4 Å². The van der Waals surface area contributed by atoms with Gasteiger partial charge in [-0.3, -0.25) is 0 Å². The Hall–Kier alpha value is -0.670. The molecule has 0 bridgehead atoms. The van der Waals surface area contributed by atoms with Crippen LogP contribution in [0.25, 0.3) is 0 Å². The zero-order chi connectivity index (χ0) is 11.3. The molecule has 3 heteroatoms. The van der Waals surface area contributed by atoms with Gasteiger partial charge in [-0.2, -0.15) is 11.8 Å². The summed E-state index contributed by atoms with van der Waals surface area (Å²) in [6.45, 7) is 3.64. The minimum absolute atomic E-state index is 0.604. The lowest BCUT2D eigenvalue weighted by atomic mass is 10.2. The number of rotatable bonds is 5. The van der Waals surface area contributed by atoms with Crippen molar-refractivity contribution < 1.29 is 9.84 Å². The maximum atomic E-state index is 9.57. The molecule has 2 nitrogen and oxygen atoms in total. The lowest BCUT2D eigenvalue weighted by Crippen LogP contribution is -2.21. The molecule has 0 aliphatic heterocycles. The quantitative estimate of drug-likeness (QED) is 0.837. The second-order valence-electron chi connectivity index (χ2n) is 4.12.